The quantitative estimate of drug-likeness (QED) is 0.888. The molecule has 1 fully saturated rings. The van der Waals surface area contributed by atoms with Crippen molar-refractivity contribution < 1.29 is 8.42 Å². The minimum Gasteiger partial charge on any atom is -0.314 e. The molecule has 0 spiro atoms. The van der Waals surface area contributed by atoms with Crippen LogP contribution in [0.4, 0.5) is 0 Å². The van der Waals surface area contributed by atoms with Gasteiger partial charge >= 0.3 is 0 Å². The third-order valence-electron chi connectivity index (χ3n) is 3.92. The van der Waals surface area contributed by atoms with E-state index in [2.05, 4.69) is 41.4 Å². The van der Waals surface area contributed by atoms with Gasteiger partial charge in [-0.1, -0.05) is 24.3 Å². The average Bonchev–Trinajstić information content (AvgIpc) is 2.45. The largest absolute Gasteiger partial charge is 0.314 e. The predicted molar refractivity (Wildman–Crippen MR) is 82.7 cm³/mol. The molecular formula is C15H24N2O2S. The van der Waals surface area contributed by atoms with E-state index in [0.29, 0.717) is 12.5 Å². The van der Waals surface area contributed by atoms with E-state index in [1.165, 1.54) is 11.8 Å². The molecule has 2 rings (SSSR count). The Morgan fingerprint density at radius 2 is 1.80 bits per heavy atom. The van der Waals surface area contributed by atoms with Crippen LogP contribution in [0.5, 0.6) is 0 Å². The van der Waals surface area contributed by atoms with Crippen LogP contribution >= 0.6 is 0 Å². The van der Waals surface area contributed by atoms with E-state index in [0.717, 1.165) is 31.7 Å². The van der Waals surface area contributed by atoms with Crippen molar-refractivity contribution in [1.29, 1.82) is 0 Å². The van der Waals surface area contributed by atoms with Crippen LogP contribution in [-0.2, 0) is 16.3 Å². The Hall–Kier alpha value is -0.910. The van der Waals surface area contributed by atoms with Gasteiger partial charge < -0.3 is 5.32 Å². The van der Waals surface area contributed by atoms with Gasteiger partial charge in [-0.05, 0) is 24.5 Å². The number of benzene rings is 1. The summed E-state index contributed by atoms with van der Waals surface area (Å²) in [6.45, 7) is 6.50. The number of nitrogens with zero attached hydrogens (tertiary/aromatic N) is 1. The molecule has 0 aromatic heterocycles. The van der Waals surface area contributed by atoms with Gasteiger partial charge in [0.15, 0.2) is 0 Å². The van der Waals surface area contributed by atoms with Gasteiger partial charge in [0.25, 0.3) is 0 Å². The number of rotatable bonds is 5. The maximum Gasteiger partial charge on any atom is 0.147 e. The average molecular weight is 296 g/mol. The summed E-state index contributed by atoms with van der Waals surface area (Å²) in [6, 6.07) is 8.79. The van der Waals surface area contributed by atoms with Crippen molar-refractivity contribution >= 4 is 9.84 Å². The first-order valence-electron chi connectivity index (χ1n) is 7.17. The predicted octanol–water partition coefficient (Wildman–Crippen LogP) is 1.24. The lowest BCUT2D eigenvalue weighted by Gasteiger charge is -2.33. The van der Waals surface area contributed by atoms with Crippen LogP contribution < -0.4 is 5.32 Å². The standard InChI is InChI=1S/C15H24N2O2S/c1-13(17-10-8-16-9-11-17)15-5-3-14(4-6-15)7-12-20(2,18)19/h3-6,13,16H,7-12H2,1-2H3. The first kappa shape index (κ1) is 15.5. The van der Waals surface area contributed by atoms with E-state index in [1.54, 1.807) is 0 Å². The van der Waals surface area contributed by atoms with Crippen molar-refractivity contribution in [3.05, 3.63) is 35.4 Å². The molecular weight excluding hydrogens is 272 g/mol. The Kier molecular flexibility index (Phi) is 5.18. The Bertz CT molecular complexity index is 519. The molecule has 0 aliphatic carbocycles. The van der Waals surface area contributed by atoms with Gasteiger partial charge in [0.1, 0.15) is 9.84 Å². The number of hydrogen-bond acceptors (Lipinski definition) is 4. The van der Waals surface area contributed by atoms with Crippen molar-refractivity contribution in [2.45, 2.75) is 19.4 Å². The summed E-state index contributed by atoms with van der Waals surface area (Å²) in [7, 11) is -2.88. The minimum absolute atomic E-state index is 0.222. The van der Waals surface area contributed by atoms with Crippen LogP contribution in [0, 0.1) is 0 Å². The second-order valence-electron chi connectivity index (χ2n) is 5.58. The van der Waals surface area contributed by atoms with Crippen molar-refractivity contribution in [3.8, 4) is 0 Å². The highest BCUT2D eigenvalue weighted by Gasteiger charge is 2.17. The van der Waals surface area contributed by atoms with E-state index in [-0.39, 0.29) is 5.75 Å². The SMILES string of the molecule is CC(c1ccc(CCS(C)(=O)=O)cc1)N1CCNCC1. The molecule has 1 aromatic rings. The molecule has 1 saturated heterocycles. The first-order valence-corrected chi connectivity index (χ1v) is 9.23. The van der Waals surface area contributed by atoms with E-state index < -0.39 is 9.84 Å². The van der Waals surface area contributed by atoms with Crippen LogP contribution in [-0.4, -0.2) is 51.5 Å². The molecule has 0 amide bonds. The summed E-state index contributed by atoms with van der Waals surface area (Å²) in [4.78, 5) is 2.47. The van der Waals surface area contributed by atoms with Crippen molar-refractivity contribution in [2.75, 3.05) is 38.2 Å². The lowest BCUT2D eigenvalue weighted by molar-refractivity contribution is 0.185. The van der Waals surface area contributed by atoms with E-state index in [1.807, 2.05) is 0 Å². The summed E-state index contributed by atoms with van der Waals surface area (Å²) in [5.74, 6) is 0.222. The van der Waals surface area contributed by atoms with E-state index in [4.69, 9.17) is 0 Å². The second-order valence-corrected chi connectivity index (χ2v) is 7.84. The number of nitrogens with one attached hydrogen (secondary N) is 1. The molecule has 1 heterocycles. The zero-order valence-electron chi connectivity index (χ0n) is 12.3. The molecule has 1 atom stereocenters. The topological polar surface area (TPSA) is 49.4 Å². The third kappa shape index (κ3) is 4.58. The molecule has 1 aliphatic heterocycles. The van der Waals surface area contributed by atoms with Crippen molar-refractivity contribution in [2.24, 2.45) is 0 Å². The van der Waals surface area contributed by atoms with Crippen LogP contribution in [0.25, 0.3) is 0 Å². The third-order valence-corrected chi connectivity index (χ3v) is 4.87. The van der Waals surface area contributed by atoms with E-state index >= 15 is 0 Å². The first-order chi connectivity index (χ1) is 9.46. The maximum atomic E-state index is 11.2. The van der Waals surface area contributed by atoms with Crippen molar-refractivity contribution in [3.63, 3.8) is 0 Å². The molecule has 1 aromatic carbocycles. The van der Waals surface area contributed by atoms with Crippen LogP contribution in [0.15, 0.2) is 24.3 Å². The lowest BCUT2D eigenvalue weighted by atomic mass is 10.0. The molecule has 1 aliphatic rings. The lowest BCUT2D eigenvalue weighted by Crippen LogP contribution is -2.44. The van der Waals surface area contributed by atoms with Crippen LogP contribution in [0.1, 0.15) is 24.1 Å². The minimum atomic E-state index is -2.88. The smallest absolute Gasteiger partial charge is 0.147 e. The van der Waals surface area contributed by atoms with Gasteiger partial charge in [-0.15, -0.1) is 0 Å². The summed E-state index contributed by atoms with van der Waals surface area (Å²) in [6.07, 6.45) is 1.88. The van der Waals surface area contributed by atoms with Gasteiger partial charge in [0.05, 0.1) is 5.75 Å². The number of hydrogen-bond donors (Lipinski definition) is 1. The fourth-order valence-electron chi connectivity index (χ4n) is 2.55. The summed E-state index contributed by atoms with van der Waals surface area (Å²) >= 11 is 0. The van der Waals surface area contributed by atoms with Gasteiger partial charge in [-0.25, -0.2) is 8.42 Å². The molecule has 0 saturated carbocycles. The fourth-order valence-corrected chi connectivity index (χ4v) is 3.15. The van der Waals surface area contributed by atoms with Crippen molar-refractivity contribution in [1.82, 2.24) is 10.2 Å². The second kappa shape index (κ2) is 6.70. The number of sulfone groups is 1. The molecule has 4 nitrogen and oxygen atoms in total. The summed E-state index contributed by atoms with van der Waals surface area (Å²) in [5, 5.41) is 3.36. The van der Waals surface area contributed by atoms with Gasteiger partial charge in [-0.3, -0.25) is 4.90 Å². The summed E-state index contributed by atoms with van der Waals surface area (Å²) < 4.78 is 22.3. The number of piperazine rings is 1. The normalized spacial score (nSPS) is 18.9. The zero-order chi connectivity index (χ0) is 14.6. The summed E-state index contributed by atoms with van der Waals surface area (Å²) in [5.41, 5.74) is 2.39. The van der Waals surface area contributed by atoms with Gasteiger partial charge in [0, 0.05) is 38.5 Å². The van der Waals surface area contributed by atoms with Gasteiger partial charge in [-0.2, -0.15) is 0 Å². The Morgan fingerprint density at radius 3 is 2.35 bits per heavy atom. The molecule has 5 heteroatoms. The molecule has 0 bridgehead atoms. The highest BCUT2D eigenvalue weighted by molar-refractivity contribution is 7.90. The molecule has 1 unspecified atom stereocenters. The van der Waals surface area contributed by atoms with Gasteiger partial charge in [0.2, 0.25) is 0 Å². The number of aryl methyl sites for hydroxylation is 1. The Balaban J connectivity index is 1.96. The highest BCUT2D eigenvalue weighted by atomic mass is 32.2. The molecule has 0 radical (unpaired) electrons. The highest BCUT2D eigenvalue weighted by Crippen LogP contribution is 2.21. The zero-order valence-corrected chi connectivity index (χ0v) is 13.1. The molecule has 1 N–H and O–H groups in total. The Morgan fingerprint density at radius 1 is 1.20 bits per heavy atom. The fraction of sp³-hybridized carbons (Fsp3) is 0.600. The van der Waals surface area contributed by atoms with E-state index in [9.17, 15) is 8.42 Å². The molecule has 20 heavy (non-hydrogen) atoms. The monoisotopic (exact) mass is 296 g/mol. The molecule has 112 valence electrons. The maximum absolute atomic E-state index is 11.2. The van der Waals surface area contributed by atoms with Crippen LogP contribution in [0.3, 0.4) is 0 Å². The van der Waals surface area contributed by atoms with Crippen LogP contribution in [0.2, 0.25) is 0 Å². The Labute approximate surface area is 122 Å².